The van der Waals surface area contributed by atoms with Gasteiger partial charge in [0.15, 0.2) is 5.52 Å². The first-order valence-electron chi connectivity index (χ1n) is 4.88. The Morgan fingerprint density at radius 1 is 1.60 bits per heavy atom. The highest BCUT2D eigenvalue weighted by molar-refractivity contribution is 5.75. The minimum Gasteiger partial charge on any atom is -0.353 e. The van der Waals surface area contributed by atoms with Crippen LogP contribution < -0.4 is 10.9 Å². The van der Waals surface area contributed by atoms with Gasteiger partial charge < -0.3 is 9.88 Å². The van der Waals surface area contributed by atoms with Crippen LogP contribution in [0.5, 0.6) is 0 Å². The second-order valence-electron chi connectivity index (χ2n) is 3.71. The molecule has 0 saturated heterocycles. The lowest BCUT2D eigenvalue weighted by atomic mass is 10.3. The fourth-order valence-electron chi connectivity index (χ4n) is 1.97. The molecule has 0 fully saturated rings. The van der Waals surface area contributed by atoms with E-state index in [0.717, 1.165) is 12.1 Å². The first kappa shape index (κ1) is 8.40. The number of nitrogens with zero attached hydrogens (tertiary/aromatic N) is 3. The van der Waals surface area contributed by atoms with Crippen LogP contribution in [0, 0.1) is 0 Å². The highest BCUT2D eigenvalue weighted by Gasteiger charge is 2.21. The SMILES string of the molecule is CC1CNc2nc(=O)c3ncccc3n21. The van der Waals surface area contributed by atoms with Crippen LogP contribution in [0.4, 0.5) is 5.95 Å². The van der Waals surface area contributed by atoms with Gasteiger partial charge in [0.25, 0.3) is 0 Å². The van der Waals surface area contributed by atoms with Gasteiger partial charge in [0.2, 0.25) is 5.95 Å². The number of hydrogen-bond acceptors (Lipinski definition) is 4. The van der Waals surface area contributed by atoms with E-state index in [0.29, 0.717) is 17.5 Å². The summed E-state index contributed by atoms with van der Waals surface area (Å²) in [4.78, 5) is 19.7. The van der Waals surface area contributed by atoms with Crippen molar-refractivity contribution in [3.63, 3.8) is 0 Å². The Kier molecular flexibility index (Phi) is 1.56. The van der Waals surface area contributed by atoms with E-state index in [4.69, 9.17) is 0 Å². The predicted octanol–water partition coefficient (Wildman–Crippen LogP) is 0.778. The summed E-state index contributed by atoms with van der Waals surface area (Å²) in [6.07, 6.45) is 1.62. The van der Waals surface area contributed by atoms with E-state index in [9.17, 15) is 4.79 Å². The number of anilines is 1. The van der Waals surface area contributed by atoms with Crippen LogP contribution in [0.2, 0.25) is 0 Å². The maximum absolute atomic E-state index is 11.6. The maximum atomic E-state index is 11.6. The predicted molar refractivity (Wildman–Crippen MR) is 57.0 cm³/mol. The van der Waals surface area contributed by atoms with E-state index < -0.39 is 0 Å². The molecule has 1 aliphatic heterocycles. The average Bonchev–Trinajstić information content (AvgIpc) is 2.61. The summed E-state index contributed by atoms with van der Waals surface area (Å²) in [6, 6.07) is 4.04. The van der Waals surface area contributed by atoms with E-state index >= 15 is 0 Å². The molecule has 5 nitrogen and oxygen atoms in total. The van der Waals surface area contributed by atoms with Gasteiger partial charge in [-0.15, -0.1) is 0 Å². The van der Waals surface area contributed by atoms with Crippen molar-refractivity contribution in [2.24, 2.45) is 0 Å². The van der Waals surface area contributed by atoms with Crippen LogP contribution >= 0.6 is 0 Å². The van der Waals surface area contributed by atoms with Crippen molar-refractivity contribution in [2.75, 3.05) is 11.9 Å². The molecular weight excluding hydrogens is 192 g/mol. The number of fused-ring (bicyclic) bond motifs is 3. The van der Waals surface area contributed by atoms with Crippen LogP contribution in [0.1, 0.15) is 13.0 Å². The molecule has 1 unspecified atom stereocenters. The summed E-state index contributed by atoms with van der Waals surface area (Å²) in [5, 5.41) is 3.11. The smallest absolute Gasteiger partial charge is 0.300 e. The first-order valence-corrected chi connectivity index (χ1v) is 4.88. The Morgan fingerprint density at radius 3 is 3.33 bits per heavy atom. The number of nitrogens with one attached hydrogen (secondary N) is 1. The van der Waals surface area contributed by atoms with Crippen LogP contribution in [0.15, 0.2) is 23.1 Å². The lowest BCUT2D eigenvalue weighted by molar-refractivity contribution is 0.642. The van der Waals surface area contributed by atoms with E-state index in [1.165, 1.54) is 0 Å². The van der Waals surface area contributed by atoms with Crippen LogP contribution in [-0.2, 0) is 0 Å². The molecule has 0 spiro atoms. The van der Waals surface area contributed by atoms with E-state index in [1.54, 1.807) is 6.20 Å². The number of aromatic nitrogens is 3. The van der Waals surface area contributed by atoms with Crippen molar-refractivity contribution in [1.29, 1.82) is 0 Å². The summed E-state index contributed by atoms with van der Waals surface area (Å²) in [5.74, 6) is 0.646. The zero-order chi connectivity index (χ0) is 10.4. The van der Waals surface area contributed by atoms with Crippen LogP contribution in [-0.4, -0.2) is 21.1 Å². The van der Waals surface area contributed by atoms with Crippen molar-refractivity contribution in [2.45, 2.75) is 13.0 Å². The minimum absolute atomic E-state index is 0.265. The van der Waals surface area contributed by atoms with Crippen molar-refractivity contribution >= 4 is 17.0 Å². The summed E-state index contributed by atoms with van der Waals surface area (Å²) in [7, 11) is 0. The zero-order valence-corrected chi connectivity index (χ0v) is 8.27. The number of pyridine rings is 1. The number of hydrogen-bond donors (Lipinski definition) is 1. The lowest BCUT2D eigenvalue weighted by Crippen LogP contribution is -2.14. The second kappa shape index (κ2) is 2.79. The quantitative estimate of drug-likeness (QED) is 0.685. The molecule has 2 aromatic heterocycles. The third-order valence-corrected chi connectivity index (χ3v) is 2.68. The normalized spacial score (nSPS) is 18.9. The fourth-order valence-corrected chi connectivity index (χ4v) is 1.97. The molecule has 3 heterocycles. The van der Waals surface area contributed by atoms with Gasteiger partial charge in [-0.2, -0.15) is 4.98 Å². The van der Waals surface area contributed by atoms with Gasteiger partial charge in [0, 0.05) is 12.7 Å². The van der Waals surface area contributed by atoms with Gasteiger partial charge in [-0.1, -0.05) is 0 Å². The van der Waals surface area contributed by atoms with Gasteiger partial charge >= 0.3 is 5.56 Å². The molecule has 1 N–H and O–H groups in total. The van der Waals surface area contributed by atoms with E-state index in [-0.39, 0.29) is 5.56 Å². The molecular formula is C10H10N4O. The van der Waals surface area contributed by atoms with Gasteiger partial charge in [-0.25, -0.2) is 4.98 Å². The topological polar surface area (TPSA) is 59.8 Å². The third kappa shape index (κ3) is 1.06. The second-order valence-corrected chi connectivity index (χ2v) is 3.71. The van der Waals surface area contributed by atoms with Gasteiger partial charge in [-0.05, 0) is 19.1 Å². The third-order valence-electron chi connectivity index (χ3n) is 2.68. The van der Waals surface area contributed by atoms with Gasteiger partial charge in [0.05, 0.1) is 11.6 Å². The Hall–Kier alpha value is -1.91. The molecule has 3 rings (SSSR count). The molecule has 0 aromatic carbocycles. The molecule has 0 aliphatic carbocycles. The molecule has 1 aliphatic rings. The van der Waals surface area contributed by atoms with E-state index in [2.05, 4.69) is 22.2 Å². The minimum atomic E-state index is -0.265. The standard InChI is InChI=1S/C10H10N4O/c1-6-5-12-10-13-9(15)8-7(14(6)10)3-2-4-11-8/h2-4,6H,5H2,1H3,(H,12,13,15). The lowest BCUT2D eigenvalue weighted by Gasteiger charge is -2.10. The van der Waals surface area contributed by atoms with Gasteiger partial charge in [0.1, 0.15) is 0 Å². The van der Waals surface area contributed by atoms with Crippen molar-refractivity contribution in [3.8, 4) is 0 Å². The van der Waals surface area contributed by atoms with Crippen molar-refractivity contribution in [3.05, 3.63) is 28.7 Å². The summed E-state index contributed by atoms with van der Waals surface area (Å²) in [5.41, 5.74) is 1.03. The highest BCUT2D eigenvalue weighted by atomic mass is 16.1. The zero-order valence-electron chi connectivity index (χ0n) is 8.27. The maximum Gasteiger partial charge on any atom is 0.300 e. The first-order chi connectivity index (χ1) is 7.27. The van der Waals surface area contributed by atoms with Gasteiger partial charge in [-0.3, -0.25) is 4.79 Å². The summed E-state index contributed by atoms with van der Waals surface area (Å²) >= 11 is 0. The average molecular weight is 202 g/mol. The highest BCUT2D eigenvalue weighted by Crippen LogP contribution is 2.23. The Labute approximate surface area is 85.8 Å². The van der Waals surface area contributed by atoms with Crippen LogP contribution in [0.25, 0.3) is 11.0 Å². The molecule has 15 heavy (non-hydrogen) atoms. The van der Waals surface area contributed by atoms with Crippen molar-refractivity contribution < 1.29 is 0 Å². The molecule has 0 radical (unpaired) electrons. The van der Waals surface area contributed by atoms with E-state index in [1.807, 2.05) is 16.7 Å². The summed E-state index contributed by atoms with van der Waals surface area (Å²) in [6.45, 7) is 2.89. The molecule has 0 bridgehead atoms. The Balaban J connectivity index is 2.51. The Bertz CT molecular complexity index is 589. The molecule has 0 amide bonds. The van der Waals surface area contributed by atoms with Crippen molar-refractivity contribution in [1.82, 2.24) is 14.5 Å². The molecule has 5 heteroatoms. The monoisotopic (exact) mass is 202 g/mol. The molecule has 0 saturated carbocycles. The number of rotatable bonds is 0. The fraction of sp³-hybridized carbons (Fsp3) is 0.300. The Morgan fingerprint density at radius 2 is 2.47 bits per heavy atom. The van der Waals surface area contributed by atoms with Crippen LogP contribution in [0.3, 0.4) is 0 Å². The molecule has 2 aromatic rings. The molecule has 1 atom stereocenters. The molecule has 76 valence electrons. The summed E-state index contributed by atoms with van der Waals surface area (Å²) < 4.78 is 2.02. The largest absolute Gasteiger partial charge is 0.353 e.